The zero-order valence-corrected chi connectivity index (χ0v) is 18.4. The predicted molar refractivity (Wildman–Crippen MR) is 128 cm³/mol. The molecule has 0 unspecified atom stereocenters. The first-order chi connectivity index (χ1) is 15.6. The number of hydrogen-bond donors (Lipinski definition) is 3. The maximum atomic E-state index is 13.0. The number of carbonyl (C=O) groups is 2. The van der Waals surface area contributed by atoms with Crippen molar-refractivity contribution in [3.05, 3.63) is 71.0 Å². The van der Waals surface area contributed by atoms with Crippen LogP contribution in [0.25, 0.3) is 33.0 Å². The van der Waals surface area contributed by atoms with E-state index in [1.54, 1.807) is 6.20 Å². The summed E-state index contributed by atoms with van der Waals surface area (Å²) in [5.74, 6) is -0.756. The Kier molecular flexibility index (Phi) is 5.33. The van der Waals surface area contributed by atoms with Gasteiger partial charge in [0.1, 0.15) is 0 Å². The summed E-state index contributed by atoms with van der Waals surface area (Å²) in [5, 5.41) is 8.27. The highest BCUT2D eigenvalue weighted by Gasteiger charge is 2.35. The number of halogens is 1. The molecule has 0 radical (unpaired) electrons. The van der Waals surface area contributed by atoms with Gasteiger partial charge in [-0.2, -0.15) is 0 Å². The van der Waals surface area contributed by atoms with E-state index in [0.717, 1.165) is 59.0 Å². The average molecular weight is 447 g/mol. The van der Waals surface area contributed by atoms with Crippen molar-refractivity contribution in [1.82, 2.24) is 20.2 Å². The molecule has 0 atom stereocenters. The van der Waals surface area contributed by atoms with Crippen LogP contribution in [0.15, 0.2) is 54.9 Å². The van der Waals surface area contributed by atoms with Crippen molar-refractivity contribution >= 4 is 56.4 Å². The van der Waals surface area contributed by atoms with E-state index in [4.69, 9.17) is 11.6 Å². The molecule has 162 valence electrons. The molecule has 3 N–H and O–H groups in total. The van der Waals surface area contributed by atoms with Crippen LogP contribution in [-0.4, -0.2) is 34.5 Å². The number of aromatic nitrogens is 2. The Morgan fingerprint density at radius 2 is 1.78 bits per heavy atom. The summed E-state index contributed by atoms with van der Waals surface area (Å²) in [7, 11) is 0. The molecule has 1 aliphatic rings. The number of amides is 2. The van der Waals surface area contributed by atoms with Gasteiger partial charge in [0.15, 0.2) is 0 Å². The van der Waals surface area contributed by atoms with E-state index < -0.39 is 0 Å². The van der Waals surface area contributed by atoms with Crippen LogP contribution in [0.2, 0.25) is 5.02 Å². The second-order valence-corrected chi connectivity index (χ2v) is 8.32. The van der Waals surface area contributed by atoms with E-state index >= 15 is 0 Å². The van der Waals surface area contributed by atoms with E-state index in [2.05, 4.69) is 27.1 Å². The minimum Gasteiger partial charge on any atom is -0.361 e. The normalized spacial score (nSPS) is 14.2. The van der Waals surface area contributed by atoms with Gasteiger partial charge in [0.05, 0.1) is 16.7 Å². The Morgan fingerprint density at radius 1 is 1.00 bits per heavy atom. The summed E-state index contributed by atoms with van der Waals surface area (Å²) in [4.78, 5) is 29.1. The lowest BCUT2D eigenvalue weighted by Crippen LogP contribution is -2.22. The topological polar surface area (TPSA) is 78.9 Å². The molecule has 3 heterocycles. The predicted octanol–water partition coefficient (Wildman–Crippen LogP) is 4.34. The van der Waals surface area contributed by atoms with Gasteiger partial charge in [0.2, 0.25) is 0 Å². The van der Waals surface area contributed by atoms with Crippen molar-refractivity contribution in [2.75, 3.05) is 13.1 Å². The monoisotopic (exact) mass is 446 g/mol. The van der Waals surface area contributed by atoms with Crippen LogP contribution >= 0.6 is 11.6 Å². The number of hydrogen-bond acceptors (Lipinski definition) is 3. The minimum atomic E-state index is -0.378. The number of carbonyl (C=O) groups excluding carboxylic acids is 2. The van der Waals surface area contributed by atoms with Crippen LogP contribution < -0.4 is 10.6 Å². The smallest absolute Gasteiger partial charge is 0.259 e. The molecular weight excluding hydrogens is 424 g/mol. The number of rotatable bonds is 7. The van der Waals surface area contributed by atoms with Crippen molar-refractivity contribution in [1.29, 1.82) is 0 Å². The lowest BCUT2D eigenvalue weighted by molar-refractivity contribution is -0.122. The van der Waals surface area contributed by atoms with Crippen LogP contribution in [0.5, 0.6) is 0 Å². The van der Waals surface area contributed by atoms with Gasteiger partial charge in [-0.15, -0.1) is 0 Å². The lowest BCUT2D eigenvalue weighted by Gasteiger charge is -2.06. The van der Waals surface area contributed by atoms with Gasteiger partial charge >= 0.3 is 0 Å². The number of H-pyrrole nitrogens is 1. The standard InChI is InChI=1S/C25H23ClN4O2/c1-2-27-10-5-11-30-14-19(17-9-8-15(26)12-21(17)30)23-22(24(31)29-25(23)32)18-13-28-20-7-4-3-6-16(18)20/h3-4,6-9,12-14,27-28H,2,5,10-11H2,1H3,(H,29,31,32). The van der Waals surface area contributed by atoms with Gasteiger partial charge < -0.3 is 14.9 Å². The summed E-state index contributed by atoms with van der Waals surface area (Å²) in [6.45, 7) is 4.67. The minimum absolute atomic E-state index is 0.378. The van der Waals surface area contributed by atoms with E-state index in [0.29, 0.717) is 16.2 Å². The molecule has 0 aliphatic carbocycles. The van der Waals surface area contributed by atoms with Gasteiger partial charge in [-0.25, -0.2) is 0 Å². The molecule has 0 saturated heterocycles. The van der Waals surface area contributed by atoms with E-state index in [1.807, 2.05) is 48.7 Å². The summed E-state index contributed by atoms with van der Waals surface area (Å²) in [6, 6.07) is 13.4. The van der Waals surface area contributed by atoms with E-state index in [1.165, 1.54) is 0 Å². The fourth-order valence-corrected chi connectivity index (χ4v) is 4.61. The maximum absolute atomic E-state index is 13.0. The van der Waals surface area contributed by atoms with Gasteiger partial charge in [0, 0.05) is 51.4 Å². The first kappa shape index (κ1) is 20.5. The Labute approximate surface area is 190 Å². The zero-order chi connectivity index (χ0) is 22.2. The fraction of sp³-hybridized carbons (Fsp3) is 0.200. The van der Waals surface area contributed by atoms with Crippen LogP contribution in [0.4, 0.5) is 0 Å². The highest BCUT2D eigenvalue weighted by molar-refractivity contribution is 6.50. The van der Waals surface area contributed by atoms with Crippen molar-refractivity contribution in [3.63, 3.8) is 0 Å². The number of aromatic amines is 1. The Hall–Kier alpha value is -3.35. The summed E-state index contributed by atoms with van der Waals surface area (Å²) in [5.41, 5.74) is 4.12. The van der Waals surface area contributed by atoms with Gasteiger partial charge in [-0.3, -0.25) is 14.9 Å². The Bertz CT molecular complexity index is 1400. The quantitative estimate of drug-likeness (QED) is 0.292. The molecule has 2 aromatic carbocycles. The number of nitrogens with zero attached hydrogens (tertiary/aromatic N) is 1. The SMILES string of the molecule is CCNCCCn1cc(C2=C(c3c[nH]c4ccccc34)C(=O)NC2=O)c2ccc(Cl)cc21. The maximum Gasteiger partial charge on any atom is 0.259 e. The van der Waals surface area contributed by atoms with E-state index in [-0.39, 0.29) is 11.8 Å². The second-order valence-electron chi connectivity index (χ2n) is 7.89. The fourth-order valence-electron chi connectivity index (χ4n) is 4.45. The zero-order valence-electron chi connectivity index (χ0n) is 17.7. The van der Waals surface area contributed by atoms with Gasteiger partial charge in [0.25, 0.3) is 11.8 Å². The number of aryl methyl sites for hydroxylation is 1. The number of imide groups is 1. The molecule has 0 fully saturated rings. The first-order valence-corrected chi connectivity index (χ1v) is 11.1. The van der Waals surface area contributed by atoms with Crippen molar-refractivity contribution in [3.8, 4) is 0 Å². The molecule has 0 bridgehead atoms. The van der Waals surface area contributed by atoms with Crippen molar-refractivity contribution < 1.29 is 9.59 Å². The number of para-hydroxylation sites is 1. The summed E-state index contributed by atoms with van der Waals surface area (Å²) >= 11 is 6.30. The molecule has 1 aliphatic heterocycles. The molecule has 4 aromatic rings. The molecule has 0 spiro atoms. The van der Waals surface area contributed by atoms with Crippen molar-refractivity contribution in [2.24, 2.45) is 0 Å². The van der Waals surface area contributed by atoms with E-state index in [9.17, 15) is 9.59 Å². The molecule has 0 saturated carbocycles. The number of nitrogens with one attached hydrogen (secondary N) is 3. The second kappa shape index (κ2) is 8.30. The van der Waals surface area contributed by atoms with Crippen LogP contribution in [0.3, 0.4) is 0 Å². The molecule has 32 heavy (non-hydrogen) atoms. The third kappa shape index (κ3) is 3.42. The average Bonchev–Trinajstić information content (AvgIpc) is 3.44. The van der Waals surface area contributed by atoms with Gasteiger partial charge in [-0.1, -0.05) is 42.8 Å². The summed E-state index contributed by atoms with van der Waals surface area (Å²) in [6.07, 6.45) is 4.70. The molecule has 5 rings (SSSR count). The number of benzene rings is 2. The molecule has 2 aromatic heterocycles. The molecular formula is C25H23ClN4O2. The molecule has 2 amide bonds. The third-order valence-electron chi connectivity index (χ3n) is 5.91. The summed E-state index contributed by atoms with van der Waals surface area (Å²) < 4.78 is 2.11. The highest BCUT2D eigenvalue weighted by atomic mass is 35.5. The third-order valence-corrected chi connectivity index (χ3v) is 6.14. The molecule has 6 nitrogen and oxygen atoms in total. The van der Waals surface area contributed by atoms with Crippen LogP contribution in [-0.2, 0) is 16.1 Å². The lowest BCUT2D eigenvalue weighted by atomic mass is 9.95. The van der Waals surface area contributed by atoms with Crippen LogP contribution in [0.1, 0.15) is 24.5 Å². The Balaban J connectivity index is 1.70. The van der Waals surface area contributed by atoms with Gasteiger partial charge in [-0.05, 0) is 37.7 Å². The number of fused-ring (bicyclic) bond motifs is 2. The van der Waals surface area contributed by atoms with Crippen molar-refractivity contribution in [2.45, 2.75) is 19.9 Å². The van der Waals surface area contributed by atoms with Crippen LogP contribution in [0, 0.1) is 0 Å². The highest BCUT2D eigenvalue weighted by Crippen LogP contribution is 2.38. The molecule has 7 heteroatoms. The largest absolute Gasteiger partial charge is 0.361 e. The Morgan fingerprint density at radius 3 is 2.59 bits per heavy atom. The first-order valence-electron chi connectivity index (χ1n) is 10.7.